The van der Waals surface area contributed by atoms with Gasteiger partial charge in [0.05, 0.1) is 11.9 Å². The van der Waals surface area contributed by atoms with E-state index in [1.807, 2.05) is 42.5 Å². The SMILES string of the molecule is Fc1ccc(/C=N/Nc2ccc3ccccc3c2)c(F)c1. The van der Waals surface area contributed by atoms with Crippen molar-refractivity contribution in [3.63, 3.8) is 0 Å². The fourth-order valence-electron chi connectivity index (χ4n) is 2.04. The van der Waals surface area contributed by atoms with Crippen molar-refractivity contribution < 1.29 is 8.78 Å². The number of nitrogens with zero attached hydrogens (tertiary/aromatic N) is 1. The van der Waals surface area contributed by atoms with Crippen molar-refractivity contribution in [1.82, 2.24) is 0 Å². The summed E-state index contributed by atoms with van der Waals surface area (Å²) in [6.07, 6.45) is 1.32. The summed E-state index contributed by atoms with van der Waals surface area (Å²) in [5.74, 6) is -1.24. The number of nitrogens with one attached hydrogen (secondary N) is 1. The molecule has 0 heterocycles. The minimum Gasteiger partial charge on any atom is -0.278 e. The monoisotopic (exact) mass is 282 g/mol. The van der Waals surface area contributed by atoms with Gasteiger partial charge in [-0.15, -0.1) is 0 Å². The van der Waals surface area contributed by atoms with Crippen LogP contribution in [0.4, 0.5) is 14.5 Å². The second-order valence-corrected chi connectivity index (χ2v) is 4.60. The predicted molar refractivity (Wildman–Crippen MR) is 81.5 cm³/mol. The van der Waals surface area contributed by atoms with Crippen LogP contribution in [0.1, 0.15) is 5.56 Å². The number of benzene rings is 3. The molecule has 0 aliphatic rings. The van der Waals surface area contributed by atoms with Crippen molar-refractivity contribution in [3.05, 3.63) is 77.9 Å². The second kappa shape index (κ2) is 5.71. The van der Waals surface area contributed by atoms with E-state index in [0.717, 1.165) is 22.5 Å². The van der Waals surface area contributed by atoms with Crippen LogP contribution in [0.15, 0.2) is 65.8 Å². The lowest BCUT2D eigenvalue weighted by Gasteiger charge is -2.03. The summed E-state index contributed by atoms with van der Waals surface area (Å²) >= 11 is 0. The third-order valence-electron chi connectivity index (χ3n) is 3.11. The second-order valence-electron chi connectivity index (χ2n) is 4.60. The lowest BCUT2D eigenvalue weighted by molar-refractivity contribution is 0.582. The van der Waals surface area contributed by atoms with Crippen LogP contribution in [0.3, 0.4) is 0 Å². The highest BCUT2D eigenvalue weighted by Crippen LogP contribution is 2.18. The van der Waals surface area contributed by atoms with Gasteiger partial charge >= 0.3 is 0 Å². The molecule has 0 spiro atoms. The molecule has 104 valence electrons. The van der Waals surface area contributed by atoms with Crippen molar-refractivity contribution >= 4 is 22.7 Å². The molecule has 4 heteroatoms. The molecule has 0 aliphatic heterocycles. The van der Waals surface area contributed by atoms with Crippen LogP contribution in [0.5, 0.6) is 0 Å². The van der Waals surface area contributed by atoms with Gasteiger partial charge in [-0.1, -0.05) is 30.3 Å². The molecule has 0 radical (unpaired) electrons. The van der Waals surface area contributed by atoms with Crippen LogP contribution in [-0.2, 0) is 0 Å². The van der Waals surface area contributed by atoms with E-state index < -0.39 is 11.6 Å². The molecule has 0 bridgehead atoms. The number of rotatable bonds is 3. The van der Waals surface area contributed by atoms with Crippen molar-refractivity contribution in [2.45, 2.75) is 0 Å². The highest BCUT2D eigenvalue weighted by molar-refractivity contribution is 5.86. The Morgan fingerprint density at radius 2 is 1.67 bits per heavy atom. The van der Waals surface area contributed by atoms with E-state index in [1.165, 1.54) is 18.3 Å². The zero-order valence-electron chi connectivity index (χ0n) is 11.1. The number of hydrazone groups is 1. The Balaban J connectivity index is 1.77. The van der Waals surface area contributed by atoms with Crippen LogP contribution >= 0.6 is 0 Å². The first kappa shape index (κ1) is 13.2. The first-order chi connectivity index (χ1) is 10.2. The summed E-state index contributed by atoms with van der Waals surface area (Å²) in [6, 6.07) is 17.2. The molecule has 0 unspecified atom stereocenters. The van der Waals surface area contributed by atoms with E-state index in [-0.39, 0.29) is 5.56 Å². The average Bonchev–Trinajstić information content (AvgIpc) is 2.49. The summed E-state index contributed by atoms with van der Waals surface area (Å²) in [5.41, 5.74) is 3.86. The number of hydrogen-bond acceptors (Lipinski definition) is 2. The highest BCUT2D eigenvalue weighted by atomic mass is 19.1. The Kier molecular flexibility index (Phi) is 3.60. The van der Waals surface area contributed by atoms with Gasteiger partial charge < -0.3 is 0 Å². The topological polar surface area (TPSA) is 24.4 Å². The zero-order chi connectivity index (χ0) is 14.7. The summed E-state index contributed by atoms with van der Waals surface area (Å²) in [4.78, 5) is 0. The minimum atomic E-state index is -0.640. The minimum absolute atomic E-state index is 0.227. The molecular formula is C17H12F2N2. The maximum atomic E-state index is 13.4. The molecule has 3 aromatic rings. The first-order valence-corrected chi connectivity index (χ1v) is 6.45. The highest BCUT2D eigenvalue weighted by Gasteiger charge is 2.00. The Bertz CT molecular complexity index is 813. The van der Waals surface area contributed by atoms with Crippen LogP contribution in [0, 0.1) is 11.6 Å². The fourth-order valence-corrected chi connectivity index (χ4v) is 2.04. The largest absolute Gasteiger partial charge is 0.278 e. The molecule has 3 rings (SSSR count). The molecule has 0 aliphatic carbocycles. The van der Waals surface area contributed by atoms with E-state index in [9.17, 15) is 8.78 Å². The Hall–Kier alpha value is -2.75. The van der Waals surface area contributed by atoms with Crippen molar-refractivity contribution in [2.24, 2.45) is 5.10 Å². The van der Waals surface area contributed by atoms with Gasteiger partial charge in [-0.25, -0.2) is 8.78 Å². The van der Waals surface area contributed by atoms with E-state index in [4.69, 9.17) is 0 Å². The molecule has 0 atom stereocenters. The quantitative estimate of drug-likeness (QED) is 0.552. The van der Waals surface area contributed by atoms with Crippen LogP contribution < -0.4 is 5.43 Å². The van der Waals surface area contributed by atoms with Gasteiger partial charge in [0.15, 0.2) is 0 Å². The lowest BCUT2D eigenvalue weighted by Crippen LogP contribution is -1.94. The average molecular weight is 282 g/mol. The van der Waals surface area contributed by atoms with E-state index in [1.54, 1.807) is 0 Å². The first-order valence-electron chi connectivity index (χ1n) is 6.45. The lowest BCUT2D eigenvalue weighted by atomic mass is 10.1. The maximum absolute atomic E-state index is 13.4. The predicted octanol–water partition coefficient (Wildman–Crippen LogP) is 4.56. The van der Waals surface area contributed by atoms with Crippen LogP contribution in [0.2, 0.25) is 0 Å². The van der Waals surface area contributed by atoms with Crippen molar-refractivity contribution in [3.8, 4) is 0 Å². The molecule has 0 amide bonds. The third kappa shape index (κ3) is 3.05. The maximum Gasteiger partial charge on any atom is 0.134 e. The molecular weight excluding hydrogens is 270 g/mol. The summed E-state index contributed by atoms with van der Waals surface area (Å²) < 4.78 is 26.2. The smallest absolute Gasteiger partial charge is 0.134 e. The standard InChI is InChI=1S/C17H12F2N2/c18-15-7-5-14(17(19)10-15)11-20-21-16-8-6-12-3-1-2-4-13(12)9-16/h1-11,21H/b20-11+. The summed E-state index contributed by atoms with van der Waals surface area (Å²) in [5, 5.41) is 6.20. The molecule has 0 aromatic heterocycles. The molecule has 21 heavy (non-hydrogen) atoms. The molecule has 0 fully saturated rings. The summed E-state index contributed by atoms with van der Waals surface area (Å²) in [6.45, 7) is 0. The zero-order valence-corrected chi connectivity index (χ0v) is 11.1. The van der Waals surface area contributed by atoms with E-state index >= 15 is 0 Å². The van der Waals surface area contributed by atoms with Gasteiger partial charge in [-0.05, 0) is 35.0 Å². The van der Waals surface area contributed by atoms with Crippen molar-refractivity contribution in [1.29, 1.82) is 0 Å². The van der Waals surface area contributed by atoms with Gasteiger partial charge in [0.25, 0.3) is 0 Å². The molecule has 0 saturated carbocycles. The van der Waals surface area contributed by atoms with Crippen LogP contribution in [-0.4, -0.2) is 6.21 Å². The van der Waals surface area contributed by atoms with Gasteiger partial charge in [0, 0.05) is 11.6 Å². The Morgan fingerprint density at radius 3 is 2.48 bits per heavy atom. The van der Waals surface area contributed by atoms with Gasteiger partial charge in [0.1, 0.15) is 11.6 Å². The van der Waals surface area contributed by atoms with E-state index in [2.05, 4.69) is 10.5 Å². The fraction of sp³-hybridized carbons (Fsp3) is 0. The molecule has 1 N–H and O–H groups in total. The molecule has 3 aromatic carbocycles. The van der Waals surface area contributed by atoms with E-state index in [0.29, 0.717) is 0 Å². The number of hydrogen-bond donors (Lipinski definition) is 1. The van der Waals surface area contributed by atoms with Gasteiger partial charge in [-0.2, -0.15) is 5.10 Å². The number of fused-ring (bicyclic) bond motifs is 1. The Labute approximate surface area is 120 Å². The number of halogens is 2. The van der Waals surface area contributed by atoms with Gasteiger partial charge in [-0.3, -0.25) is 5.43 Å². The molecule has 0 saturated heterocycles. The normalized spacial score (nSPS) is 11.1. The summed E-state index contributed by atoms with van der Waals surface area (Å²) in [7, 11) is 0. The van der Waals surface area contributed by atoms with Gasteiger partial charge in [0.2, 0.25) is 0 Å². The third-order valence-corrected chi connectivity index (χ3v) is 3.11. The molecule has 2 nitrogen and oxygen atoms in total. The van der Waals surface area contributed by atoms with Crippen molar-refractivity contribution in [2.75, 3.05) is 5.43 Å². The van der Waals surface area contributed by atoms with Crippen LogP contribution in [0.25, 0.3) is 10.8 Å². The number of anilines is 1. The Morgan fingerprint density at radius 1 is 0.857 bits per heavy atom.